The summed E-state index contributed by atoms with van der Waals surface area (Å²) < 4.78 is 33.5. The van der Waals surface area contributed by atoms with Crippen molar-refractivity contribution in [1.82, 2.24) is 9.97 Å². The van der Waals surface area contributed by atoms with Crippen molar-refractivity contribution in [2.75, 3.05) is 5.73 Å². The van der Waals surface area contributed by atoms with E-state index >= 15 is 0 Å². The monoisotopic (exact) mass is 493 g/mol. The topological polar surface area (TPSA) is 131 Å². The van der Waals surface area contributed by atoms with Crippen LogP contribution in [0.5, 0.6) is 0 Å². The molecular formula is C25H20N5NaO3S. The summed E-state index contributed by atoms with van der Waals surface area (Å²) >= 11 is 0. The van der Waals surface area contributed by atoms with Gasteiger partial charge in [0.25, 0.3) is 10.1 Å². The predicted molar refractivity (Wildman–Crippen MR) is 139 cm³/mol. The Kier molecular flexibility index (Phi) is 6.98. The van der Waals surface area contributed by atoms with Crippen molar-refractivity contribution < 1.29 is 13.0 Å². The van der Waals surface area contributed by atoms with Crippen LogP contribution < -0.4 is 5.73 Å². The summed E-state index contributed by atoms with van der Waals surface area (Å²) in [6, 6.07) is 21.3. The number of pyridine rings is 2. The van der Waals surface area contributed by atoms with Crippen LogP contribution in [0.15, 0.2) is 94.1 Å². The molecule has 0 aliphatic heterocycles. The molecule has 0 saturated carbocycles. The summed E-state index contributed by atoms with van der Waals surface area (Å²) in [5.41, 5.74) is 10.5. The number of nitrogens with zero attached hydrogens (tertiary/aromatic N) is 4. The van der Waals surface area contributed by atoms with Crippen LogP contribution in [-0.2, 0) is 10.1 Å². The van der Waals surface area contributed by atoms with E-state index in [0.29, 0.717) is 16.5 Å². The Labute approximate surface area is 224 Å². The second-order valence-corrected chi connectivity index (χ2v) is 9.15. The molecule has 0 saturated heterocycles. The molecule has 0 aliphatic rings. The molecule has 0 atom stereocenters. The van der Waals surface area contributed by atoms with Gasteiger partial charge in [-0.25, -0.2) is 0 Å². The third kappa shape index (κ3) is 4.95. The number of anilines is 1. The van der Waals surface area contributed by atoms with Gasteiger partial charge in [0.1, 0.15) is 16.3 Å². The fourth-order valence-electron chi connectivity index (χ4n) is 3.81. The molecule has 5 aromatic rings. The number of benzene rings is 3. The summed E-state index contributed by atoms with van der Waals surface area (Å²) in [5, 5.41) is 10.1. The van der Waals surface area contributed by atoms with E-state index in [1.807, 2.05) is 43.3 Å². The van der Waals surface area contributed by atoms with Crippen LogP contribution in [0.4, 0.5) is 17.1 Å². The van der Waals surface area contributed by atoms with E-state index in [-0.39, 0.29) is 45.8 Å². The van der Waals surface area contributed by atoms with Gasteiger partial charge in [0.05, 0.1) is 23.1 Å². The zero-order chi connectivity index (χ0) is 23.9. The number of azo groups is 1. The van der Waals surface area contributed by atoms with Crippen molar-refractivity contribution >= 4 is 78.4 Å². The average Bonchev–Trinajstić information content (AvgIpc) is 2.83. The molecule has 35 heavy (non-hydrogen) atoms. The van der Waals surface area contributed by atoms with E-state index in [1.54, 1.807) is 36.5 Å². The third-order valence-corrected chi connectivity index (χ3v) is 6.35. The molecule has 2 aromatic heterocycles. The molecule has 2 heterocycles. The van der Waals surface area contributed by atoms with Crippen molar-refractivity contribution in [3.63, 3.8) is 0 Å². The first-order valence-electron chi connectivity index (χ1n) is 10.3. The molecule has 0 spiro atoms. The summed E-state index contributed by atoms with van der Waals surface area (Å²) in [4.78, 5) is 8.88. The van der Waals surface area contributed by atoms with Crippen molar-refractivity contribution in [3.05, 3.63) is 84.7 Å². The average molecular weight is 494 g/mol. The van der Waals surface area contributed by atoms with Gasteiger partial charge in [-0.15, -0.1) is 10.2 Å². The Hall–Kier alpha value is -3.21. The van der Waals surface area contributed by atoms with Crippen LogP contribution in [0.25, 0.3) is 32.9 Å². The number of nitrogen functional groups attached to an aromatic ring is 1. The SMILES string of the molecule is Cc1ccc2cccc(-c3ccc(/N=N/c4cc(S(=O)(=O)O)c5ccccc5c4N)cn3)c2n1.[NaH]. The zero-order valence-electron chi connectivity index (χ0n) is 18.0. The Morgan fingerprint density at radius 1 is 0.914 bits per heavy atom. The molecule has 0 bridgehead atoms. The van der Waals surface area contributed by atoms with Gasteiger partial charge in [0, 0.05) is 27.4 Å². The summed E-state index contributed by atoms with van der Waals surface area (Å²) in [7, 11) is -4.48. The Morgan fingerprint density at radius 2 is 1.69 bits per heavy atom. The van der Waals surface area contributed by atoms with Crippen LogP contribution >= 0.6 is 0 Å². The maximum atomic E-state index is 11.9. The van der Waals surface area contributed by atoms with Crippen LogP contribution in [0, 0.1) is 6.92 Å². The predicted octanol–water partition coefficient (Wildman–Crippen LogP) is 5.35. The molecule has 0 fully saturated rings. The number of aromatic nitrogens is 2. The standard InChI is InChI=1S/C25H19N5O3S.Na.H/c1-15-9-10-16-5-4-8-20(25(16)28-15)21-12-11-17(14-27-21)29-30-22-13-23(34(31,32)33)18-6-2-3-7-19(18)24(22)26;;/h2-14H,26H2,1H3,(H,31,32,33);;/b30-29+;;. The Balaban J connectivity index is 0.00000289. The number of hydrogen-bond donors (Lipinski definition) is 2. The first kappa shape index (κ1) is 24.9. The first-order valence-corrected chi connectivity index (χ1v) is 11.8. The number of aryl methyl sites for hydroxylation is 1. The van der Waals surface area contributed by atoms with Crippen molar-refractivity contribution in [2.45, 2.75) is 11.8 Å². The molecule has 0 unspecified atom stereocenters. The normalized spacial score (nSPS) is 11.7. The van der Waals surface area contributed by atoms with Crippen molar-refractivity contribution in [1.29, 1.82) is 0 Å². The number of para-hydroxylation sites is 1. The summed E-state index contributed by atoms with van der Waals surface area (Å²) in [5.74, 6) is 0. The molecule has 3 N–H and O–H groups in total. The Bertz CT molecular complexity index is 1700. The fraction of sp³-hybridized carbons (Fsp3) is 0.0400. The van der Waals surface area contributed by atoms with E-state index < -0.39 is 10.1 Å². The summed E-state index contributed by atoms with van der Waals surface area (Å²) in [6.45, 7) is 1.94. The first-order chi connectivity index (χ1) is 16.3. The molecule has 170 valence electrons. The van der Waals surface area contributed by atoms with Crippen molar-refractivity contribution in [3.8, 4) is 11.3 Å². The second kappa shape index (κ2) is 9.80. The van der Waals surface area contributed by atoms with Crippen LogP contribution in [-0.4, -0.2) is 52.5 Å². The molecule has 10 heteroatoms. The number of rotatable bonds is 4. The maximum absolute atomic E-state index is 11.9. The molecule has 0 amide bonds. The molecule has 3 aromatic carbocycles. The van der Waals surface area contributed by atoms with Gasteiger partial charge < -0.3 is 5.73 Å². The molecular weight excluding hydrogens is 473 g/mol. The minimum atomic E-state index is -4.48. The molecule has 0 aliphatic carbocycles. The molecule has 8 nitrogen and oxygen atoms in total. The second-order valence-electron chi connectivity index (χ2n) is 7.76. The zero-order valence-corrected chi connectivity index (χ0v) is 18.9. The van der Waals surface area contributed by atoms with Crippen LogP contribution in [0.3, 0.4) is 0 Å². The van der Waals surface area contributed by atoms with Crippen LogP contribution in [0.1, 0.15) is 5.69 Å². The van der Waals surface area contributed by atoms with Gasteiger partial charge in [0.15, 0.2) is 0 Å². The van der Waals surface area contributed by atoms with E-state index in [0.717, 1.165) is 27.9 Å². The van der Waals surface area contributed by atoms with Gasteiger partial charge in [-0.05, 0) is 31.2 Å². The van der Waals surface area contributed by atoms with Gasteiger partial charge >= 0.3 is 29.6 Å². The number of hydrogen-bond acceptors (Lipinski definition) is 7. The fourth-order valence-corrected chi connectivity index (χ4v) is 4.53. The van der Waals surface area contributed by atoms with Gasteiger partial charge in [-0.2, -0.15) is 8.42 Å². The van der Waals surface area contributed by atoms with Crippen LogP contribution in [0.2, 0.25) is 0 Å². The van der Waals surface area contributed by atoms with Gasteiger partial charge in [0.2, 0.25) is 0 Å². The quantitative estimate of drug-likeness (QED) is 0.150. The van der Waals surface area contributed by atoms with E-state index in [2.05, 4.69) is 20.2 Å². The van der Waals surface area contributed by atoms with E-state index in [4.69, 9.17) is 5.73 Å². The van der Waals surface area contributed by atoms with E-state index in [1.165, 1.54) is 6.07 Å². The third-order valence-electron chi connectivity index (χ3n) is 5.46. The van der Waals surface area contributed by atoms with Crippen molar-refractivity contribution in [2.24, 2.45) is 10.2 Å². The minimum absolute atomic E-state index is 0. The number of nitrogens with two attached hydrogens (primary N) is 1. The molecule has 0 radical (unpaired) electrons. The van der Waals surface area contributed by atoms with Gasteiger partial charge in [-0.3, -0.25) is 14.5 Å². The number of fused-ring (bicyclic) bond motifs is 2. The Morgan fingerprint density at radius 3 is 2.40 bits per heavy atom. The molecule has 5 rings (SSSR count). The van der Waals surface area contributed by atoms with Gasteiger partial charge in [-0.1, -0.05) is 48.5 Å². The van der Waals surface area contributed by atoms with E-state index in [9.17, 15) is 13.0 Å². The summed E-state index contributed by atoms with van der Waals surface area (Å²) in [6.07, 6.45) is 1.56.